The molecule has 1 atom stereocenters. The van der Waals surface area contributed by atoms with Gasteiger partial charge in [-0.25, -0.2) is 9.48 Å². The van der Waals surface area contributed by atoms with Crippen molar-refractivity contribution in [1.82, 2.24) is 9.78 Å². The SMILES string of the molecule is CC(Oc1ccc(OC(C)(C)C(=O)O)cc1)c1c2ccccc2nn1-c1ccc(C(F)(F)F)cc1. The van der Waals surface area contributed by atoms with Crippen LogP contribution >= 0.6 is 0 Å². The number of carboxylic acids is 1. The monoisotopic (exact) mass is 484 g/mol. The second kappa shape index (κ2) is 8.98. The summed E-state index contributed by atoms with van der Waals surface area (Å²) in [5.74, 6) is -0.213. The fraction of sp³-hybridized carbons (Fsp3) is 0.231. The Labute approximate surface area is 199 Å². The molecule has 0 aliphatic heterocycles. The Kier molecular flexibility index (Phi) is 6.19. The molecule has 6 nitrogen and oxygen atoms in total. The average Bonchev–Trinajstić information content (AvgIpc) is 3.19. The van der Waals surface area contributed by atoms with Crippen LogP contribution < -0.4 is 9.47 Å². The summed E-state index contributed by atoms with van der Waals surface area (Å²) in [7, 11) is 0. The van der Waals surface area contributed by atoms with Gasteiger partial charge in [0.2, 0.25) is 0 Å². The third-order valence-electron chi connectivity index (χ3n) is 5.46. The molecular formula is C26H23F3N2O4. The molecule has 4 aromatic rings. The van der Waals surface area contributed by atoms with Gasteiger partial charge in [0.25, 0.3) is 0 Å². The molecule has 9 heteroatoms. The number of carbonyl (C=O) groups is 1. The zero-order valence-corrected chi connectivity index (χ0v) is 19.2. The summed E-state index contributed by atoms with van der Waals surface area (Å²) in [5.41, 5.74) is -0.301. The Bertz CT molecular complexity index is 1340. The predicted molar refractivity (Wildman–Crippen MR) is 124 cm³/mol. The molecule has 1 unspecified atom stereocenters. The lowest BCUT2D eigenvalue weighted by atomic mass is 10.1. The van der Waals surface area contributed by atoms with Crippen LogP contribution in [0.5, 0.6) is 11.5 Å². The first-order valence-electron chi connectivity index (χ1n) is 10.8. The number of rotatable bonds is 7. The highest BCUT2D eigenvalue weighted by atomic mass is 19.4. The lowest BCUT2D eigenvalue weighted by Gasteiger charge is -2.22. The summed E-state index contributed by atoms with van der Waals surface area (Å²) in [6.45, 7) is 4.73. The van der Waals surface area contributed by atoms with Gasteiger partial charge in [-0.1, -0.05) is 18.2 Å². The van der Waals surface area contributed by atoms with Gasteiger partial charge in [-0.3, -0.25) is 0 Å². The molecule has 35 heavy (non-hydrogen) atoms. The molecule has 3 aromatic carbocycles. The predicted octanol–water partition coefficient (Wildman–Crippen LogP) is 6.43. The molecule has 0 saturated heterocycles. The number of alkyl halides is 3. The molecule has 0 aliphatic carbocycles. The third-order valence-corrected chi connectivity index (χ3v) is 5.46. The highest BCUT2D eigenvalue weighted by Gasteiger charge is 2.31. The number of hydrogen-bond donors (Lipinski definition) is 1. The van der Waals surface area contributed by atoms with Gasteiger partial charge < -0.3 is 14.6 Å². The van der Waals surface area contributed by atoms with Crippen molar-refractivity contribution in [1.29, 1.82) is 0 Å². The summed E-state index contributed by atoms with van der Waals surface area (Å²) < 4.78 is 52.3. The van der Waals surface area contributed by atoms with Crippen molar-refractivity contribution in [3.05, 3.63) is 84.1 Å². The smallest absolute Gasteiger partial charge is 0.416 e. The number of halogens is 3. The van der Waals surface area contributed by atoms with Crippen molar-refractivity contribution >= 4 is 16.9 Å². The molecule has 0 bridgehead atoms. The van der Waals surface area contributed by atoms with Crippen molar-refractivity contribution in [2.24, 2.45) is 0 Å². The molecule has 1 N–H and O–H groups in total. The van der Waals surface area contributed by atoms with Crippen molar-refractivity contribution in [2.45, 2.75) is 38.7 Å². The number of hydrogen-bond acceptors (Lipinski definition) is 4. The van der Waals surface area contributed by atoms with Gasteiger partial charge in [-0.05, 0) is 75.4 Å². The van der Waals surface area contributed by atoms with E-state index in [0.29, 0.717) is 28.4 Å². The maximum absolute atomic E-state index is 13.0. The van der Waals surface area contributed by atoms with Crippen LogP contribution in [-0.4, -0.2) is 26.5 Å². The Balaban J connectivity index is 1.64. The Morgan fingerprint density at radius 3 is 2.14 bits per heavy atom. The highest BCUT2D eigenvalue weighted by molar-refractivity contribution is 5.82. The zero-order valence-electron chi connectivity index (χ0n) is 19.2. The molecule has 182 valence electrons. The van der Waals surface area contributed by atoms with Crippen LogP contribution in [-0.2, 0) is 11.0 Å². The highest BCUT2D eigenvalue weighted by Crippen LogP contribution is 2.33. The minimum Gasteiger partial charge on any atom is -0.484 e. The van der Waals surface area contributed by atoms with Crippen molar-refractivity contribution in [3.63, 3.8) is 0 Å². The number of fused-ring (bicyclic) bond motifs is 1. The first-order valence-corrected chi connectivity index (χ1v) is 10.8. The summed E-state index contributed by atoms with van der Waals surface area (Å²) in [6.07, 6.45) is -4.95. The number of aliphatic carboxylic acids is 1. The number of nitrogens with zero attached hydrogens (tertiary/aromatic N) is 2. The lowest BCUT2D eigenvalue weighted by molar-refractivity contribution is -0.152. The van der Waals surface area contributed by atoms with E-state index >= 15 is 0 Å². The second-order valence-electron chi connectivity index (χ2n) is 8.51. The van der Waals surface area contributed by atoms with E-state index in [1.165, 1.54) is 26.0 Å². The van der Waals surface area contributed by atoms with E-state index in [1.807, 2.05) is 31.2 Å². The molecule has 0 saturated carbocycles. The molecule has 1 aromatic heterocycles. The minimum atomic E-state index is -4.43. The van der Waals surface area contributed by atoms with Crippen LogP contribution in [0.15, 0.2) is 72.8 Å². The van der Waals surface area contributed by atoms with Gasteiger partial charge in [0, 0.05) is 5.39 Å². The Hall–Kier alpha value is -4.01. The maximum atomic E-state index is 13.0. The first-order chi connectivity index (χ1) is 16.5. The number of carboxylic acid groups (broad SMARTS) is 1. The largest absolute Gasteiger partial charge is 0.484 e. The summed E-state index contributed by atoms with van der Waals surface area (Å²) in [6, 6.07) is 18.7. The van der Waals surface area contributed by atoms with Gasteiger partial charge in [0.1, 0.15) is 17.6 Å². The Morgan fingerprint density at radius 1 is 0.943 bits per heavy atom. The molecule has 4 rings (SSSR count). The van der Waals surface area contributed by atoms with Crippen molar-refractivity contribution < 1.29 is 32.5 Å². The normalized spacial score (nSPS) is 13.0. The quantitative estimate of drug-likeness (QED) is 0.327. The zero-order chi connectivity index (χ0) is 25.4. The number of aromatic nitrogens is 2. The van der Waals surface area contributed by atoms with Gasteiger partial charge in [0.05, 0.1) is 22.5 Å². The molecule has 0 aliphatic rings. The van der Waals surface area contributed by atoms with Crippen LogP contribution in [0, 0.1) is 0 Å². The number of ether oxygens (including phenoxy) is 2. The van der Waals surface area contributed by atoms with Crippen LogP contribution in [0.25, 0.3) is 16.6 Å². The van der Waals surface area contributed by atoms with Gasteiger partial charge in [0.15, 0.2) is 5.60 Å². The molecule has 0 spiro atoms. The van der Waals surface area contributed by atoms with Crippen LogP contribution in [0.2, 0.25) is 0 Å². The summed E-state index contributed by atoms with van der Waals surface area (Å²) in [4.78, 5) is 11.3. The summed E-state index contributed by atoms with van der Waals surface area (Å²) in [5, 5.41) is 14.6. The Morgan fingerprint density at radius 2 is 1.54 bits per heavy atom. The van der Waals surface area contributed by atoms with Crippen LogP contribution in [0.1, 0.15) is 38.1 Å². The molecule has 1 heterocycles. The van der Waals surface area contributed by atoms with Crippen LogP contribution in [0.4, 0.5) is 13.2 Å². The standard InChI is InChI=1S/C26H23F3N2O4/c1-16(34-19-12-14-20(15-13-19)35-25(2,3)24(32)33)23-21-6-4-5-7-22(21)30-31(23)18-10-8-17(9-11-18)26(27,28)29/h4-16H,1-3H3,(H,32,33). The molecule has 0 fully saturated rings. The third kappa shape index (κ3) is 5.08. The average molecular weight is 484 g/mol. The van der Waals surface area contributed by atoms with Crippen LogP contribution in [0.3, 0.4) is 0 Å². The van der Waals surface area contributed by atoms with E-state index in [-0.39, 0.29) is 0 Å². The number of benzene rings is 3. The fourth-order valence-corrected chi connectivity index (χ4v) is 3.62. The van der Waals surface area contributed by atoms with Gasteiger partial charge in [-0.15, -0.1) is 0 Å². The first kappa shape index (κ1) is 24.1. The minimum absolute atomic E-state index is 0.373. The van der Waals surface area contributed by atoms with E-state index in [9.17, 15) is 23.1 Å². The van der Waals surface area contributed by atoms with Gasteiger partial charge >= 0.3 is 12.1 Å². The molecule has 0 radical (unpaired) electrons. The summed E-state index contributed by atoms with van der Waals surface area (Å²) >= 11 is 0. The van der Waals surface area contributed by atoms with Gasteiger partial charge in [-0.2, -0.15) is 18.3 Å². The van der Waals surface area contributed by atoms with Crippen molar-refractivity contribution in [2.75, 3.05) is 0 Å². The fourth-order valence-electron chi connectivity index (χ4n) is 3.62. The van der Waals surface area contributed by atoms with E-state index in [0.717, 1.165) is 17.5 Å². The van der Waals surface area contributed by atoms with E-state index < -0.39 is 29.4 Å². The second-order valence-corrected chi connectivity index (χ2v) is 8.51. The molecule has 0 amide bonds. The van der Waals surface area contributed by atoms with E-state index in [4.69, 9.17) is 9.47 Å². The topological polar surface area (TPSA) is 73.6 Å². The van der Waals surface area contributed by atoms with Crippen molar-refractivity contribution in [3.8, 4) is 17.2 Å². The van der Waals surface area contributed by atoms with E-state index in [2.05, 4.69) is 5.10 Å². The maximum Gasteiger partial charge on any atom is 0.416 e. The van der Waals surface area contributed by atoms with E-state index in [1.54, 1.807) is 28.9 Å². The molecular weight excluding hydrogens is 461 g/mol. The lowest BCUT2D eigenvalue weighted by Crippen LogP contribution is -2.37.